The Hall–Kier alpha value is -1.92. The molecule has 0 aromatic rings. The molecule has 0 aromatic heterocycles. The van der Waals surface area contributed by atoms with E-state index in [9.17, 15) is 19.2 Å². The molecule has 0 saturated heterocycles. The molecule has 0 aliphatic rings. The highest BCUT2D eigenvalue weighted by Gasteiger charge is 2.18. The van der Waals surface area contributed by atoms with Crippen LogP contribution in [0.3, 0.4) is 0 Å². The first-order chi connectivity index (χ1) is 10.3. The normalized spacial score (nSPS) is 12.9. The smallest absolute Gasteiger partial charge is 0.347 e. The number of rotatable bonds is 10. The summed E-state index contributed by atoms with van der Waals surface area (Å²) < 4.78 is 14.5. The molecule has 22 heavy (non-hydrogen) atoms. The molecule has 0 aliphatic heterocycles. The van der Waals surface area contributed by atoms with Gasteiger partial charge < -0.3 is 14.2 Å². The lowest BCUT2D eigenvalue weighted by atomic mass is 10.2. The lowest BCUT2D eigenvalue weighted by Gasteiger charge is -2.12. The van der Waals surface area contributed by atoms with E-state index >= 15 is 0 Å². The minimum Gasteiger partial charge on any atom is -0.463 e. The van der Waals surface area contributed by atoms with E-state index < -0.39 is 30.1 Å². The van der Waals surface area contributed by atoms with E-state index in [2.05, 4.69) is 0 Å². The summed E-state index contributed by atoms with van der Waals surface area (Å²) in [7, 11) is 0. The van der Waals surface area contributed by atoms with Gasteiger partial charge in [0.15, 0.2) is 18.0 Å². The van der Waals surface area contributed by atoms with Crippen LogP contribution in [0.1, 0.15) is 53.4 Å². The van der Waals surface area contributed by atoms with Crippen molar-refractivity contribution in [1.82, 2.24) is 0 Å². The van der Waals surface area contributed by atoms with Gasteiger partial charge in [-0.2, -0.15) is 0 Å². The Balaban J connectivity index is 3.83. The van der Waals surface area contributed by atoms with Gasteiger partial charge in [-0.1, -0.05) is 0 Å². The quantitative estimate of drug-likeness (QED) is 0.343. The first kappa shape index (κ1) is 20.1. The molecule has 126 valence electrons. The number of ether oxygens (including phenoxy) is 3. The summed E-state index contributed by atoms with van der Waals surface area (Å²) in [5, 5.41) is 0. The number of esters is 3. The van der Waals surface area contributed by atoms with Crippen molar-refractivity contribution in [2.24, 2.45) is 0 Å². The van der Waals surface area contributed by atoms with Crippen molar-refractivity contribution in [3.05, 3.63) is 0 Å². The summed E-state index contributed by atoms with van der Waals surface area (Å²) in [6.07, 6.45) is -0.598. The zero-order chi connectivity index (χ0) is 17.1. The molecule has 0 fully saturated rings. The van der Waals surface area contributed by atoms with E-state index in [1.807, 2.05) is 0 Å². The zero-order valence-corrected chi connectivity index (χ0v) is 13.5. The van der Waals surface area contributed by atoms with Crippen LogP contribution in [0.15, 0.2) is 0 Å². The molecule has 2 atom stereocenters. The van der Waals surface area contributed by atoms with Gasteiger partial charge in [-0.3, -0.25) is 14.4 Å². The Kier molecular flexibility index (Phi) is 9.82. The number of hydrogen-bond acceptors (Lipinski definition) is 7. The van der Waals surface area contributed by atoms with Gasteiger partial charge in [0.05, 0.1) is 6.61 Å². The molecule has 0 saturated carbocycles. The maximum atomic E-state index is 11.5. The SMILES string of the molecule is CCOC(=O)C(C)OC(=O)CCCCC(=O)OC(C)C(C)=O. The summed E-state index contributed by atoms with van der Waals surface area (Å²) in [6, 6.07) is 0. The molecule has 7 heteroatoms. The van der Waals surface area contributed by atoms with Gasteiger partial charge in [-0.05, 0) is 40.5 Å². The fraction of sp³-hybridized carbons (Fsp3) is 0.733. The third kappa shape index (κ3) is 9.10. The topological polar surface area (TPSA) is 96.0 Å². The molecule has 0 aliphatic carbocycles. The molecular formula is C15H24O7. The largest absolute Gasteiger partial charge is 0.463 e. The summed E-state index contributed by atoms with van der Waals surface area (Å²) in [6.45, 7) is 6.18. The number of carbonyl (C=O) groups is 4. The van der Waals surface area contributed by atoms with Crippen molar-refractivity contribution in [2.45, 2.75) is 65.6 Å². The number of ketones is 1. The third-order valence-corrected chi connectivity index (χ3v) is 2.82. The second-order valence-corrected chi connectivity index (χ2v) is 4.83. The van der Waals surface area contributed by atoms with E-state index in [-0.39, 0.29) is 25.2 Å². The molecule has 0 aromatic carbocycles. The molecule has 0 spiro atoms. The highest BCUT2D eigenvalue weighted by atomic mass is 16.6. The Bertz CT molecular complexity index is 403. The van der Waals surface area contributed by atoms with E-state index in [0.717, 1.165) is 0 Å². The van der Waals surface area contributed by atoms with Crippen molar-refractivity contribution in [3.63, 3.8) is 0 Å². The van der Waals surface area contributed by atoms with Gasteiger partial charge in [0.2, 0.25) is 0 Å². The molecule has 0 radical (unpaired) electrons. The van der Waals surface area contributed by atoms with Crippen molar-refractivity contribution in [2.75, 3.05) is 6.61 Å². The van der Waals surface area contributed by atoms with Crippen LogP contribution >= 0.6 is 0 Å². The summed E-state index contributed by atoms with van der Waals surface area (Å²) in [5.41, 5.74) is 0. The van der Waals surface area contributed by atoms with E-state index in [1.54, 1.807) is 6.92 Å². The summed E-state index contributed by atoms with van der Waals surface area (Å²) in [5.74, 6) is -1.80. The van der Waals surface area contributed by atoms with Crippen LogP contribution in [0.4, 0.5) is 0 Å². The number of Topliss-reactive ketones (excluding diaryl/α,β-unsaturated/α-hetero) is 1. The van der Waals surface area contributed by atoms with Crippen LogP contribution in [0, 0.1) is 0 Å². The second-order valence-electron chi connectivity index (χ2n) is 4.83. The van der Waals surface area contributed by atoms with E-state index in [4.69, 9.17) is 14.2 Å². The van der Waals surface area contributed by atoms with Crippen molar-refractivity contribution >= 4 is 23.7 Å². The predicted molar refractivity (Wildman–Crippen MR) is 76.9 cm³/mol. The predicted octanol–water partition coefficient (Wildman–Crippen LogP) is 1.56. The Morgan fingerprint density at radius 1 is 0.864 bits per heavy atom. The third-order valence-electron chi connectivity index (χ3n) is 2.82. The van der Waals surface area contributed by atoms with Gasteiger partial charge in [0.1, 0.15) is 0 Å². The number of carbonyl (C=O) groups excluding carboxylic acids is 4. The Morgan fingerprint density at radius 2 is 1.32 bits per heavy atom. The minimum absolute atomic E-state index is 0.0965. The zero-order valence-electron chi connectivity index (χ0n) is 13.5. The lowest BCUT2D eigenvalue weighted by Crippen LogP contribution is -2.26. The monoisotopic (exact) mass is 316 g/mol. The van der Waals surface area contributed by atoms with Crippen LogP contribution in [-0.4, -0.2) is 42.5 Å². The van der Waals surface area contributed by atoms with Gasteiger partial charge in [-0.25, -0.2) is 4.79 Å². The Morgan fingerprint density at radius 3 is 1.73 bits per heavy atom. The second kappa shape index (κ2) is 10.8. The lowest BCUT2D eigenvalue weighted by molar-refractivity contribution is -0.166. The van der Waals surface area contributed by atoms with E-state index in [1.165, 1.54) is 20.8 Å². The molecule has 2 unspecified atom stereocenters. The van der Waals surface area contributed by atoms with Gasteiger partial charge in [-0.15, -0.1) is 0 Å². The van der Waals surface area contributed by atoms with E-state index in [0.29, 0.717) is 12.8 Å². The molecule has 0 amide bonds. The van der Waals surface area contributed by atoms with Crippen LogP contribution in [0.5, 0.6) is 0 Å². The number of hydrogen-bond donors (Lipinski definition) is 0. The first-order valence-electron chi connectivity index (χ1n) is 7.34. The molecule has 0 heterocycles. The summed E-state index contributed by atoms with van der Waals surface area (Å²) >= 11 is 0. The van der Waals surface area contributed by atoms with Crippen LogP contribution < -0.4 is 0 Å². The van der Waals surface area contributed by atoms with Crippen molar-refractivity contribution in [1.29, 1.82) is 0 Å². The fourth-order valence-corrected chi connectivity index (χ4v) is 1.44. The molecule has 0 rings (SSSR count). The highest BCUT2D eigenvalue weighted by Crippen LogP contribution is 2.06. The van der Waals surface area contributed by atoms with Crippen LogP contribution in [0.2, 0.25) is 0 Å². The highest BCUT2D eigenvalue weighted by molar-refractivity contribution is 5.83. The van der Waals surface area contributed by atoms with Crippen LogP contribution in [0.25, 0.3) is 0 Å². The van der Waals surface area contributed by atoms with Crippen molar-refractivity contribution in [3.8, 4) is 0 Å². The molecule has 7 nitrogen and oxygen atoms in total. The average molecular weight is 316 g/mol. The van der Waals surface area contributed by atoms with Gasteiger partial charge in [0, 0.05) is 12.8 Å². The maximum absolute atomic E-state index is 11.5. The van der Waals surface area contributed by atoms with Crippen LogP contribution in [-0.2, 0) is 33.4 Å². The number of unbranched alkanes of at least 4 members (excludes halogenated alkanes) is 1. The fourth-order valence-electron chi connectivity index (χ4n) is 1.44. The average Bonchev–Trinajstić information content (AvgIpc) is 2.43. The maximum Gasteiger partial charge on any atom is 0.347 e. The minimum atomic E-state index is -0.936. The van der Waals surface area contributed by atoms with Crippen molar-refractivity contribution < 1.29 is 33.4 Å². The molecule has 0 N–H and O–H groups in total. The van der Waals surface area contributed by atoms with Gasteiger partial charge in [0.25, 0.3) is 0 Å². The first-order valence-corrected chi connectivity index (χ1v) is 7.34. The summed E-state index contributed by atoms with van der Waals surface area (Å²) in [4.78, 5) is 45.1. The standard InChI is InChI=1S/C15H24O7/c1-5-20-15(19)12(4)22-14(18)9-7-6-8-13(17)21-11(3)10(2)16/h11-12H,5-9H2,1-4H3. The van der Waals surface area contributed by atoms with Gasteiger partial charge >= 0.3 is 17.9 Å². The molecular weight excluding hydrogens is 292 g/mol. The molecule has 0 bridgehead atoms. The Labute approximate surface area is 130 Å².